The van der Waals surface area contributed by atoms with Gasteiger partial charge in [-0.2, -0.15) is 0 Å². The van der Waals surface area contributed by atoms with Gasteiger partial charge in [0.25, 0.3) is 11.1 Å². The number of aliphatic carboxylic acids is 1. The van der Waals surface area contributed by atoms with Crippen LogP contribution in [0.3, 0.4) is 0 Å². The largest absolute Gasteiger partial charge is 0.481 e. The van der Waals surface area contributed by atoms with Gasteiger partial charge in [-0.1, -0.05) is 66.7 Å². The van der Waals surface area contributed by atoms with Gasteiger partial charge in [-0.05, 0) is 62.6 Å². The minimum Gasteiger partial charge on any atom is -0.481 e. The number of hydrogen-bond donors (Lipinski definition) is 2. The Balaban J connectivity index is 0.000000287. The number of carbonyl (C=O) groups excluding carboxylic acids is 3. The van der Waals surface area contributed by atoms with Gasteiger partial charge in [0, 0.05) is 0 Å². The molecule has 7 nitrogen and oxygen atoms in total. The molecule has 2 N–H and O–H groups in total. The van der Waals surface area contributed by atoms with Crippen molar-refractivity contribution in [2.24, 2.45) is 0 Å². The molecule has 178 valence electrons. The fraction of sp³-hybridized carbons (Fsp3) is 0.0769. The van der Waals surface area contributed by atoms with Gasteiger partial charge in [0.2, 0.25) is 0 Å². The maximum atomic E-state index is 12.0. The molecule has 1 saturated heterocycles. The number of halogens is 1. The number of nitrogens with one attached hydrogen (secondary N) is 1. The Morgan fingerprint density at radius 2 is 1.51 bits per heavy atom. The first-order chi connectivity index (χ1) is 16.8. The van der Waals surface area contributed by atoms with Gasteiger partial charge in [-0.25, -0.2) is 0 Å². The fourth-order valence-corrected chi connectivity index (χ4v) is 4.11. The van der Waals surface area contributed by atoms with Crippen LogP contribution < -0.4 is 10.1 Å². The first-order valence-electron chi connectivity index (χ1n) is 10.3. The third-order valence-corrected chi connectivity index (χ3v) is 5.94. The Labute approximate surface area is 214 Å². The van der Waals surface area contributed by atoms with E-state index in [0.29, 0.717) is 20.7 Å². The SMILES string of the molecule is O=C(Cc1ccccc1)Oc1ccc(/C=C2\SC(=O)NC2=O)cc1Br.O=C(O)Cc1ccccc1. The quantitative estimate of drug-likeness (QED) is 0.244. The minimum absolute atomic E-state index is 0.112. The topological polar surface area (TPSA) is 110 Å². The van der Waals surface area contributed by atoms with Crippen LogP contribution in [0.1, 0.15) is 16.7 Å². The molecule has 0 radical (unpaired) electrons. The minimum atomic E-state index is -0.786. The predicted octanol–water partition coefficient (Wildman–Crippen LogP) is 5.23. The highest BCUT2D eigenvalue weighted by Gasteiger charge is 2.25. The van der Waals surface area contributed by atoms with Crippen molar-refractivity contribution >= 4 is 56.9 Å². The number of thioether (sulfide) groups is 1. The summed E-state index contributed by atoms with van der Waals surface area (Å²) in [5, 5.41) is 10.2. The summed E-state index contributed by atoms with van der Waals surface area (Å²) in [4.78, 5) is 45.2. The zero-order valence-corrected chi connectivity index (χ0v) is 20.7. The molecule has 2 amide bonds. The van der Waals surface area contributed by atoms with Gasteiger partial charge >= 0.3 is 11.9 Å². The lowest BCUT2D eigenvalue weighted by molar-refractivity contribution is -0.136. The average Bonchev–Trinajstić information content (AvgIpc) is 3.13. The fourth-order valence-electron chi connectivity index (χ4n) is 2.95. The number of rotatable bonds is 6. The van der Waals surface area contributed by atoms with Crippen LogP contribution in [0.2, 0.25) is 0 Å². The molecule has 1 heterocycles. The highest BCUT2D eigenvalue weighted by Crippen LogP contribution is 2.30. The van der Waals surface area contributed by atoms with Gasteiger partial charge in [-0.15, -0.1) is 0 Å². The van der Waals surface area contributed by atoms with Crippen LogP contribution in [0.4, 0.5) is 4.79 Å². The molecule has 3 aromatic carbocycles. The summed E-state index contributed by atoms with van der Waals surface area (Å²) in [6.07, 6.45) is 1.89. The third-order valence-electron chi connectivity index (χ3n) is 4.51. The van der Waals surface area contributed by atoms with Crippen molar-refractivity contribution in [3.8, 4) is 5.75 Å². The molecule has 1 aliphatic heterocycles. The van der Waals surface area contributed by atoms with E-state index < -0.39 is 11.9 Å². The number of carbonyl (C=O) groups is 4. The molecule has 0 bridgehead atoms. The normalized spacial score (nSPS) is 13.6. The van der Waals surface area contributed by atoms with Crippen molar-refractivity contribution in [1.29, 1.82) is 0 Å². The van der Waals surface area contributed by atoms with Crippen LogP contribution in [-0.2, 0) is 27.2 Å². The Hall–Kier alpha value is -3.69. The summed E-state index contributed by atoms with van der Waals surface area (Å²) in [5.74, 6) is -1.17. The molecule has 0 spiro atoms. The van der Waals surface area contributed by atoms with Gasteiger partial charge < -0.3 is 9.84 Å². The number of imide groups is 1. The van der Waals surface area contributed by atoms with Crippen molar-refractivity contribution < 1.29 is 29.0 Å². The lowest BCUT2D eigenvalue weighted by atomic mass is 10.1. The van der Waals surface area contributed by atoms with E-state index in [9.17, 15) is 19.2 Å². The molecule has 4 rings (SSSR count). The standard InChI is InChI=1S/C18H12BrNO4S.C8H8O2/c19-13-8-12(9-15-17(22)20-18(23)25-15)6-7-14(13)24-16(21)10-11-4-2-1-3-5-11;9-8(10)6-7-4-2-1-3-5-7/h1-9H,10H2,(H,20,22,23);1-5H,6H2,(H,9,10)/b15-9-;. The zero-order chi connectivity index (χ0) is 25.2. The Bertz CT molecular complexity index is 1260. The first kappa shape index (κ1) is 25.9. The summed E-state index contributed by atoms with van der Waals surface area (Å²) < 4.78 is 5.95. The van der Waals surface area contributed by atoms with E-state index in [2.05, 4.69) is 21.2 Å². The third kappa shape index (κ3) is 8.55. The summed E-state index contributed by atoms with van der Waals surface area (Å²) in [5.41, 5.74) is 2.43. The van der Waals surface area contributed by atoms with Crippen LogP contribution in [0.5, 0.6) is 5.75 Å². The lowest BCUT2D eigenvalue weighted by Crippen LogP contribution is -2.17. The number of carboxylic acids is 1. The molecule has 0 saturated carbocycles. The van der Waals surface area contributed by atoms with E-state index in [1.165, 1.54) is 0 Å². The zero-order valence-electron chi connectivity index (χ0n) is 18.3. The molecule has 0 aliphatic carbocycles. The van der Waals surface area contributed by atoms with Gasteiger partial charge in [0.05, 0.1) is 22.2 Å². The number of ether oxygens (including phenoxy) is 1. The molecule has 0 unspecified atom stereocenters. The first-order valence-corrected chi connectivity index (χ1v) is 12.0. The molecule has 1 fully saturated rings. The van der Waals surface area contributed by atoms with E-state index in [1.54, 1.807) is 36.4 Å². The molecular formula is C26H20BrNO6S. The van der Waals surface area contributed by atoms with Crippen molar-refractivity contribution in [3.05, 3.63) is 105 Å². The molecule has 0 aromatic heterocycles. The van der Waals surface area contributed by atoms with E-state index in [1.807, 2.05) is 48.5 Å². The van der Waals surface area contributed by atoms with Crippen molar-refractivity contribution in [2.45, 2.75) is 12.8 Å². The molecule has 35 heavy (non-hydrogen) atoms. The Kier molecular flexibility index (Phi) is 9.39. The Morgan fingerprint density at radius 3 is 2.03 bits per heavy atom. The van der Waals surface area contributed by atoms with Gasteiger partial charge in [0.1, 0.15) is 5.75 Å². The van der Waals surface area contributed by atoms with Crippen molar-refractivity contribution in [3.63, 3.8) is 0 Å². The monoisotopic (exact) mass is 553 g/mol. The number of amides is 2. The number of carboxylic acid groups (broad SMARTS) is 1. The van der Waals surface area contributed by atoms with Crippen LogP contribution in [0, 0.1) is 0 Å². The molecule has 9 heteroatoms. The number of benzene rings is 3. The molecular weight excluding hydrogens is 534 g/mol. The van der Waals surface area contributed by atoms with Crippen LogP contribution in [0.25, 0.3) is 6.08 Å². The predicted molar refractivity (Wildman–Crippen MR) is 137 cm³/mol. The maximum Gasteiger partial charge on any atom is 0.315 e. The van der Waals surface area contributed by atoms with E-state index in [4.69, 9.17) is 9.84 Å². The molecule has 3 aromatic rings. The second-order valence-electron chi connectivity index (χ2n) is 7.23. The summed E-state index contributed by atoms with van der Waals surface area (Å²) in [6, 6.07) is 23.5. The van der Waals surface area contributed by atoms with E-state index in [-0.39, 0.29) is 24.1 Å². The van der Waals surface area contributed by atoms with Crippen molar-refractivity contribution in [2.75, 3.05) is 0 Å². The number of hydrogen-bond acceptors (Lipinski definition) is 6. The van der Waals surface area contributed by atoms with Crippen LogP contribution >= 0.6 is 27.7 Å². The summed E-state index contributed by atoms with van der Waals surface area (Å²) in [6.45, 7) is 0. The highest BCUT2D eigenvalue weighted by atomic mass is 79.9. The second kappa shape index (κ2) is 12.7. The Morgan fingerprint density at radius 1 is 0.914 bits per heavy atom. The smallest absolute Gasteiger partial charge is 0.315 e. The second-order valence-corrected chi connectivity index (χ2v) is 9.10. The lowest BCUT2D eigenvalue weighted by Gasteiger charge is -2.07. The molecule has 0 atom stereocenters. The maximum absolute atomic E-state index is 12.0. The average molecular weight is 554 g/mol. The summed E-state index contributed by atoms with van der Waals surface area (Å²) in [7, 11) is 0. The summed E-state index contributed by atoms with van der Waals surface area (Å²) >= 11 is 4.21. The van der Waals surface area contributed by atoms with Gasteiger partial charge in [-0.3, -0.25) is 24.5 Å². The number of esters is 1. The van der Waals surface area contributed by atoms with E-state index in [0.717, 1.165) is 22.9 Å². The van der Waals surface area contributed by atoms with Crippen LogP contribution in [-0.4, -0.2) is 28.2 Å². The molecule has 1 aliphatic rings. The van der Waals surface area contributed by atoms with Gasteiger partial charge in [0.15, 0.2) is 0 Å². The van der Waals surface area contributed by atoms with E-state index >= 15 is 0 Å². The van der Waals surface area contributed by atoms with Crippen LogP contribution in [0.15, 0.2) is 88.2 Å². The van der Waals surface area contributed by atoms with Crippen molar-refractivity contribution in [1.82, 2.24) is 5.32 Å². The highest BCUT2D eigenvalue weighted by molar-refractivity contribution is 9.10.